The Bertz CT molecular complexity index is 856. The number of nitrogens with one attached hydrogen (secondary N) is 1. The van der Waals surface area contributed by atoms with Gasteiger partial charge in [0.1, 0.15) is 0 Å². The van der Waals surface area contributed by atoms with Crippen molar-refractivity contribution in [2.75, 3.05) is 0 Å². The summed E-state index contributed by atoms with van der Waals surface area (Å²) in [5.74, 6) is 0. The molecule has 3 rings (SSSR count). The van der Waals surface area contributed by atoms with Crippen molar-refractivity contribution in [2.24, 2.45) is 7.05 Å². The number of aromatic nitrogens is 2. The van der Waals surface area contributed by atoms with Crippen LogP contribution >= 0.6 is 0 Å². The first-order valence-corrected chi connectivity index (χ1v) is 7.97. The van der Waals surface area contributed by atoms with Crippen LogP contribution in [0.4, 0.5) is 0 Å². The quantitative estimate of drug-likeness (QED) is 0.779. The highest BCUT2D eigenvalue weighted by Crippen LogP contribution is 2.20. The minimum Gasteiger partial charge on any atom is -0.306 e. The maximum absolute atomic E-state index is 8.87. The average molecular weight is 316 g/mol. The highest BCUT2D eigenvalue weighted by atomic mass is 15.2. The van der Waals surface area contributed by atoms with E-state index in [1.807, 2.05) is 48.4 Å². The monoisotopic (exact) mass is 316 g/mol. The van der Waals surface area contributed by atoms with Crippen molar-refractivity contribution >= 4 is 0 Å². The normalized spacial score (nSPS) is 11.9. The van der Waals surface area contributed by atoms with Crippen LogP contribution in [0.25, 0.3) is 11.1 Å². The molecule has 0 aliphatic rings. The van der Waals surface area contributed by atoms with E-state index < -0.39 is 0 Å². The zero-order valence-corrected chi connectivity index (χ0v) is 13.9. The van der Waals surface area contributed by atoms with E-state index in [1.165, 1.54) is 16.7 Å². The highest BCUT2D eigenvalue weighted by molar-refractivity contribution is 5.62. The van der Waals surface area contributed by atoms with E-state index in [-0.39, 0.29) is 6.04 Å². The standard InChI is InChI=1S/C20H20N4/c1-15(18-8-6-16(11-21)7-9-18)22-12-17-4-3-5-19(10-17)20-13-23-24(2)14-20/h3-10,13-15,22H,12H2,1-2H3. The lowest BCUT2D eigenvalue weighted by Crippen LogP contribution is -2.18. The number of benzene rings is 2. The molecule has 1 unspecified atom stereocenters. The molecule has 120 valence electrons. The van der Waals surface area contributed by atoms with E-state index in [0.29, 0.717) is 5.56 Å². The lowest BCUT2D eigenvalue weighted by Gasteiger charge is -2.15. The van der Waals surface area contributed by atoms with Gasteiger partial charge in [0.25, 0.3) is 0 Å². The van der Waals surface area contributed by atoms with Gasteiger partial charge in [-0.15, -0.1) is 0 Å². The molecule has 0 radical (unpaired) electrons. The van der Waals surface area contributed by atoms with Gasteiger partial charge in [-0.2, -0.15) is 10.4 Å². The lowest BCUT2D eigenvalue weighted by molar-refractivity contribution is 0.575. The van der Waals surface area contributed by atoms with Gasteiger partial charge in [-0.25, -0.2) is 0 Å². The SMILES string of the molecule is CC(NCc1cccc(-c2cnn(C)c2)c1)c1ccc(C#N)cc1. The smallest absolute Gasteiger partial charge is 0.0991 e. The molecule has 1 atom stereocenters. The maximum Gasteiger partial charge on any atom is 0.0991 e. The van der Waals surface area contributed by atoms with Gasteiger partial charge < -0.3 is 5.32 Å². The maximum atomic E-state index is 8.87. The molecule has 4 nitrogen and oxygen atoms in total. The number of nitrogens with zero attached hydrogens (tertiary/aromatic N) is 3. The molecule has 0 aliphatic heterocycles. The molecule has 1 heterocycles. The third kappa shape index (κ3) is 3.70. The minimum atomic E-state index is 0.222. The van der Waals surface area contributed by atoms with Crippen molar-refractivity contribution in [1.82, 2.24) is 15.1 Å². The van der Waals surface area contributed by atoms with Crippen molar-refractivity contribution in [3.63, 3.8) is 0 Å². The Morgan fingerprint density at radius 1 is 1.17 bits per heavy atom. The number of aryl methyl sites for hydroxylation is 1. The second-order valence-electron chi connectivity index (χ2n) is 5.94. The number of hydrogen-bond donors (Lipinski definition) is 1. The van der Waals surface area contributed by atoms with Gasteiger partial charge in [-0.1, -0.05) is 30.3 Å². The topological polar surface area (TPSA) is 53.6 Å². The van der Waals surface area contributed by atoms with Crippen LogP contribution in [-0.2, 0) is 13.6 Å². The number of hydrogen-bond acceptors (Lipinski definition) is 3. The first-order valence-electron chi connectivity index (χ1n) is 7.97. The van der Waals surface area contributed by atoms with Crippen molar-refractivity contribution in [1.29, 1.82) is 5.26 Å². The molecule has 1 N–H and O–H groups in total. The van der Waals surface area contributed by atoms with Gasteiger partial charge in [-0.05, 0) is 41.8 Å². The summed E-state index contributed by atoms with van der Waals surface area (Å²) in [5.41, 5.74) is 5.40. The third-order valence-electron chi connectivity index (χ3n) is 4.12. The number of rotatable bonds is 5. The molecule has 0 aliphatic carbocycles. The van der Waals surface area contributed by atoms with Crippen LogP contribution < -0.4 is 5.32 Å². The van der Waals surface area contributed by atoms with Crippen molar-refractivity contribution in [2.45, 2.75) is 19.5 Å². The molecule has 0 amide bonds. The fraction of sp³-hybridized carbons (Fsp3) is 0.200. The molecule has 0 bridgehead atoms. The summed E-state index contributed by atoms with van der Waals surface area (Å²) in [6.45, 7) is 2.92. The predicted octanol–water partition coefficient (Wildman–Crippen LogP) is 3.81. The van der Waals surface area contributed by atoms with Crippen LogP contribution in [0.1, 0.15) is 29.7 Å². The van der Waals surface area contributed by atoms with E-state index in [2.05, 4.69) is 47.7 Å². The first-order chi connectivity index (χ1) is 11.7. The van der Waals surface area contributed by atoms with Gasteiger partial charge >= 0.3 is 0 Å². The van der Waals surface area contributed by atoms with Gasteiger partial charge in [0.15, 0.2) is 0 Å². The van der Waals surface area contributed by atoms with Crippen molar-refractivity contribution in [3.05, 3.63) is 77.6 Å². The Hall–Kier alpha value is -2.90. The van der Waals surface area contributed by atoms with E-state index in [4.69, 9.17) is 5.26 Å². The zero-order valence-electron chi connectivity index (χ0n) is 13.9. The molecular formula is C20H20N4. The molecule has 0 saturated heterocycles. The molecule has 0 spiro atoms. The zero-order chi connectivity index (χ0) is 16.9. The summed E-state index contributed by atoms with van der Waals surface area (Å²) in [4.78, 5) is 0. The van der Waals surface area contributed by atoms with E-state index >= 15 is 0 Å². The van der Waals surface area contributed by atoms with Gasteiger partial charge in [0, 0.05) is 31.4 Å². The highest BCUT2D eigenvalue weighted by Gasteiger charge is 2.06. The van der Waals surface area contributed by atoms with Crippen LogP contribution in [0.3, 0.4) is 0 Å². The second kappa shape index (κ2) is 7.12. The average Bonchev–Trinajstić information content (AvgIpc) is 3.06. The minimum absolute atomic E-state index is 0.222. The van der Waals surface area contributed by atoms with Crippen LogP contribution in [0.5, 0.6) is 0 Å². The van der Waals surface area contributed by atoms with Gasteiger partial charge in [0.05, 0.1) is 17.8 Å². The Balaban J connectivity index is 1.66. The van der Waals surface area contributed by atoms with E-state index in [0.717, 1.165) is 12.1 Å². The van der Waals surface area contributed by atoms with Crippen molar-refractivity contribution < 1.29 is 0 Å². The molecule has 2 aromatic carbocycles. The Morgan fingerprint density at radius 3 is 2.62 bits per heavy atom. The fourth-order valence-electron chi connectivity index (χ4n) is 2.67. The summed E-state index contributed by atoms with van der Waals surface area (Å²) in [7, 11) is 1.92. The largest absolute Gasteiger partial charge is 0.306 e. The number of nitriles is 1. The Labute approximate surface area is 142 Å². The van der Waals surface area contributed by atoms with Crippen LogP contribution in [0, 0.1) is 11.3 Å². The Morgan fingerprint density at radius 2 is 1.96 bits per heavy atom. The van der Waals surface area contributed by atoms with Crippen LogP contribution in [0.15, 0.2) is 60.9 Å². The predicted molar refractivity (Wildman–Crippen MR) is 95.1 cm³/mol. The molecular weight excluding hydrogens is 296 g/mol. The summed E-state index contributed by atoms with van der Waals surface area (Å²) in [6, 6.07) is 18.6. The van der Waals surface area contributed by atoms with E-state index in [1.54, 1.807) is 0 Å². The molecule has 24 heavy (non-hydrogen) atoms. The lowest BCUT2D eigenvalue weighted by atomic mass is 10.0. The fourth-order valence-corrected chi connectivity index (χ4v) is 2.67. The summed E-state index contributed by atoms with van der Waals surface area (Å²) < 4.78 is 1.81. The Kier molecular flexibility index (Phi) is 4.74. The molecule has 0 fully saturated rings. The van der Waals surface area contributed by atoms with Gasteiger partial charge in [-0.3, -0.25) is 4.68 Å². The van der Waals surface area contributed by atoms with Gasteiger partial charge in [0.2, 0.25) is 0 Å². The van der Waals surface area contributed by atoms with Crippen LogP contribution in [-0.4, -0.2) is 9.78 Å². The first kappa shape index (κ1) is 16.0. The third-order valence-corrected chi connectivity index (χ3v) is 4.12. The molecule has 0 saturated carbocycles. The van der Waals surface area contributed by atoms with Crippen molar-refractivity contribution in [3.8, 4) is 17.2 Å². The molecule has 4 heteroatoms. The molecule has 3 aromatic rings. The van der Waals surface area contributed by atoms with E-state index in [9.17, 15) is 0 Å². The summed E-state index contributed by atoms with van der Waals surface area (Å²) >= 11 is 0. The summed E-state index contributed by atoms with van der Waals surface area (Å²) in [6.07, 6.45) is 3.90. The summed E-state index contributed by atoms with van der Waals surface area (Å²) in [5, 5.41) is 16.6. The molecule has 1 aromatic heterocycles. The van der Waals surface area contributed by atoms with Crippen LogP contribution in [0.2, 0.25) is 0 Å². The second-order valence-corrected chi connectivity index (χ2v) is 5.94.